The summed E-state index contributed by atoms with van der Waals surface area (Å²) in [4.78, 5) is 17.1. The van der Waals surface area contributed by atoms with Crippen LogP contribution < -0.4 is 16.8 Å². The van der Waals surface area contributed by atoms with Crippen molar-refractivity contribution in [2.45, 2.75) is 12.6 Å². The number of aliphatic carboxylic acids is 1. The number of benzene rings is 1. The molecule has 1 aliphatic rings. The highest BCUT2D eigenvalue weighted by atomic mass is 35.5. The molecule has 3 aromatic rings. The Labute approximate surface area is 160 Å². The van der Waals surface area contributed by atoms with Crippen LogP contribution in [0.1, 0.15) is 5.56 Å². The molecule has 12 heteroatoms. The molecule has 1 aliphatic heterocycles. The van der Waals surface area contributed by atoms with E-state index in [4.69, 9.17) is 37.4 Å². The van der Waals surface area contributed by atoms with Gasteiger partial charge in [-0.15, -0.1) is 0 Å². The minimum atomic E-state index is -5.08. The van der Waals surface area contributed by atoms with Crippen molar-refractivity contribution in [3.05, 3.63) is 22.7 Å². The van der Waals surface area contributed by atoms with Gasteiger partial charge < -0.3 is 26.3 Å². The summed E-state index contributed by atoms with van der Waals surface area (Å²) >= 11 is 6.24. The van der Waals surface area contributed by atoms with Crippen molar-refractivity contribution in [3.8, 4) is 0 Å². The van der Waals surface area contributed by atoms with E-state index >= 15 is 0 Å². The number of carbonyl (C=O) groups is 1. The lowest BCUT2D eigenvalue weighted by Crippen LogP contribution is -2.43. The van der Waals surface area contributed by atoms with Gasteiger partial charge in [-0.2, -0.15) is 18.2 Å². The molecule has 28 heavy (non-hydrogen) atoms. The van der Waals surface area contributed by atoms with Crippen LogP contribution in [0.15, 0.2) is 16.5 Å². The van der Waals surface area contributed by atoms with Gasteiger partial charge >= 0.3 is 12.1 Å². The lowest BCUT2D eigenvalue weighted by Gasteiger charge is -2.27. The van der Waals surface area contributed by atoms with Crippen molar-refractivity contribution >= 4 is 51.4 Å². The van der Waals surface area contributed by atoms with Gasteiger partial charge in [0, 0.05) is 10.4 Å². The average Bonchev–Trinajstić information content (AvgIpc) is 2.89. The summed E-state index contributed by atoms with van der Waals surface area (Å²) in [5, 5.41) is 11.9. The van der Waals surface area contributed by atoms with Crippen LogP contribution >= 0.6 is 11.6 Å². The zero-order chi connectivity index (χ0) is 20.6. The second-order valence-corrected chi connectivity index (χ2v) is 6.66. The Morgan fingerprint density at radius 3 is 2.46 bits per heavy atom. The molecule has 1 fully saturated rings. The number of aromatic nitrogens is 2. The van der Waals surface area contributed by atoms with E-state index in [0.717, 1.165) is 36.0 Å². The predicted octanol–water partition coefficient (Wildman–Crippen LogP) is 2.59. The van der Waals surface area contributed by atoms with E-state index in [-0.39, 0.29) is 11.8 Å². The molecule has 0 saturated carbocycles. The minimum absolute atomic E-state index is 0.132. The van der Waals surface area contributed by atoms with Crippen molar-refractivity contribution in [1.82, 2.24) is 15.3 Å². The number of hydrogen-bond acceptors (Lipinski definition) is 7. The molecule has 3 heterocycles. The number of fused-ring (bicyclic) bond motifs is 3. The van der Waals surface area contributed by atoms with Crippen molar-refractivity contribution < 1.29 is 27.5 Å². The van der Waals surface area contributed by atoms with Crippen LogP contribution in [-0.2, 0) is 11.2 Å². The molecule has 4 rings (SSSR count). The third-order valence-corrected chi connectivity index (χ3v) is 4.33. The van der Waals surface area contributed by atoms with E-state index in [1.165, 1.54) is 0 Å². The number of rotatable bonds is 2. The van der Waals surface area contributed by atoms with Gasteiger partial charge in [-0.3, -0.25) is 0 Å². The third kappa shape index (κ3) is 4.04. The van der Waals surface area contributed by atoms with Gasteiger partial charge in [0.2, 0.25) is 5.95 Å². The van der Waals surface area contributed by atoms with E-state index in [1.54, 1.807) is 0 Å². The fourth-order valence-electron chi connectivity index (χ4n) is 2.77. The van der Waals surface area contributed by atoms with Crippen LogP contribution in [-0.4, -0.2) is 40.3 Å². The maximum Gasteiger partial charge on any atom is 0.490 e. The molecule has 2 aromatic heterocycles. The molecule has 1 aromatic carbocycles. The maximum absolute atomic E-state index is 10.6. The number of nitrogens with two attached hydrogens (primary N) is 2. The number of nitrogen functional groups attached to an aromatic ring is 2. The lowest BCUT2D eigenvalue weighted by atomic mass is 9.93. The normalized spacial score (nSPS) is 14.6. The molecule has 0 atom stereocenters. The average molecular weight is 418 g/mol. The largest absolute Gasteiger partial charge is 0.490 e. The van der Waals surface area contributed by atoms with Crippen molar-refractivity contribution in [2.75, 3.05) is 24.6 Å². The van der Waals surface area contributed by atoms with Crippen LogP contribution in [0.5, 0.6) is 0 Å². The van der Waals surface area contributed by atoms with Gasteiger partial charge in [0.05, 0.1) is 0 Å². The van der Waals surface area contributed by atoms with Gasteiger partial charge in [-0.1, -0.05) is 11.6 Å². The van der Waals surface area contributed by atoms with Crippen molar-refractivity contribution in [3.63, 3.8) is 0 Å². The smallest absolute Gasteiger partial charge is 0.475 e. The number of carboxylic acid groups (broad SMARTS) is 1. The van der Waals surface area contributed by atoms with Crippen LogP contribution in [0.2, 0.25) is 5.02 Å². The number of nitrogens with one attached hydrogen (secondary N) is 1. The Balaban J connectivity index is 0.000000279. The van der Waals surface area contributed by atoms with Crippen LogP contribution in [0.25, 0.3) is 22.1 Å². The van der Waals surface area contributed by atoms with Crippen molar-refractivity contribution in [2.24, 2.45) is 5.92 Å². The SMILES string of the molecule is Nc1nc(N)c2oc3c(CC4CNC4)cc(Cl)cc3c2n1.O=C(O)C(F)(F)F. The summed E-state index contributed by atoms with van der Waals surface area (Å²) in [6.07, 6.45) is -4.17. The Morgan fingerprint density at radius 2 is 1.93 bits per heavy atom. The minimum Gasteiger partial charge on any atom is -0.475 e. The molecule has 0 spiro atoms. The first-order valence-electron chi connectivity index (χ1n) is 8.00. The molecule has 0 amide bonds. The lowest BCUT2D eigenvalue weighted by molar-refractivity contribution is -0.192. The van der Waals surface area contributed by atoms with E-state index < -0.39 is 12.1 Å². The van der Waals surface area contributed by atoms with Gasteiger partial charge in [0.15, 0.2) is 11.4 Å². The van der Waals surface area contributed by atoms with Crippen LogP contribution in [0.4, 0.5) is 24.9 Å². The van der Waals surface area contributed by atoms with E-state index in [9.17, 15) is 13.2 Å². The fraction of sp³-hybridized carbons (Fsp3) is 0.312. The number of furan rings is 1. The van der Waals surface area contributed by atoms with Crippen LogP contribution in [0.3, 0.4) is 0 Å². The number of halogens is 4. The molecule has 0 bridgehead atoms. The molecule has 150 valence electrons. The van der Waals surface area contributed by atoms with Gasteiger partial charge in [-0.05, 0) is 43.1 Å². The van der Waals surface area contributed by atoms with Gasteiger partial charge in [-0.25, -0.2) is 9.78 Å². The van der Waals surface area contributed by atoms with E-state index in [0.29, 0.717) is 22.0 Å². The molecule has 0 unspecified atom stereocenters. The second-order valence-electron chi connectivity index (χ2n) is 6.22. The molecule has 1 saturated heterocycles. The summed E-state index contributed by atoms with van der Waals surface area (Å²) < 4.78 is 37.6. The monoisotopic (exact) mass is 417 g/mol. The maximum atomic E-state index is 10.6. The first kappa shape index (κ1) is 20.0. The highest BCUT2D eigenvalue weighted by Gasteiger charge is 2.38. The molecule has 8 nitrogen and oxygen atoms in total. The fourth-order valence-corrected chi connectivity index (χ4v) is 3.01. The molecular weight excluding hydrogens is 403 g/mol. The number of hydrogen-bond donors (Lipinski definition) is 4. The topological polar surface area (TPSA) is 140 Å². The van der Waals surface area contributed by atoms with E-state index in [2.05, 4.69) is 15.3 Å². The zero-order valence-electron chi connectivity index (χ0n) is 14.2. The Morgan fingerprint density at radius 1 is 1.29 bits per heavy atom. The highest BCUT2D eigenvalue weighted by molar-refractivity contribution is 6.32. The van der Waals surface area contributed by atoms with E-state index in [1.807, 2.05) is 12.1 Å². The van der Waals surface area contributed by atoms with Gasteiger partial charge in [0.25, 0.3) is 0 Å². The molecule has 6 N–H and O–H groups in total. The number of nitrogens with zero attached hydrogens (tertiary/aromatic N) is 2. The quantitative estimate of drug-likeness (QED) is 0.498. The molecule has 0 radical (unpaired) electrons. The molecule has 0 aliphatic carbocycles. The van der Waals surface area contributed by atoms with Crippen LogP contribution in [0, 0.1) is 5.92 Å². The Kier molecular flexibility index (Phi) is 5.22. The highest BCUT2D eigenvalue weighted by Crippen LogP contribution is 2.35. The summed E-state index contributed by atoms with van der Waals surface area (Å²) in [5.74, 6) is -1.77. The summed E-state index contributed by atoms with van der Waals surface area (Å²) in [7, 11) is 0. The van der Waals surface area contributed by atoms with Crippen molar-refractivity contribution in [1.29, 1.82) is 0 Å². The first-order chi connectivity index (χ1) is 13.1. The number of carboxylic acids is 1. The molecular formula is C16H15ClF3N5O3. The summed E-state index contributed by atoms with van der Waals surface area (Å²) in [6, 6.07) is 3.77. The zero-order valence-corrected chi connectivity index (χ0v) is 14.9. The third-order valence-electron chi connectivity index (χ3n) is 4.12. The number of alkyl halides is 3. The standard InChI is InChI=1S/C14H14ClN5O.C2HF3O2/c15-8-2-7(1-6-4-18-5-6)11-9(3-8)10-12(21-11)13(16)20-14(17)19-10;3-2(4,5)1(6)7/h2-3,6,18H,1,4-5H2,(H4,16,17,19,20);(H,6,7). The summed E-state index contributed by atoms with van der Waals surface area (Å²) in [6.45, 7) is 2.03. The first-order valence-corrected chi connectivity index (χ1v) is 8.38. The second kappa shape index (κ2) is 7.32. The Bertz CT molecular complexity index is 1050. The van der Waals surface area contributed by atoms with Gasteiger partial charge in [0.1, 0.15) is 11.1 Å². The predicted molar refractivity (Wildman–Crippen MR) is 96.9 cm³/mol. The number of anilines is 2. The summed E-state index contributed by atoms with van der Waals surface area (Å²) in [5.41, 5.74) is 14.5. The Hall–Kier alpha value is -2.79.